The average Bonchev–Trinajstić information content (AvgIpc) is 2.79. The van der Waals surface area contributed by atoms with Crippen LogP contribution >= 0.6 is 0 Å². The van der Waals surface area contributed by atoms with E-state index in [9.17, 15) is 4.79 Å². The number of likely N-dealkylation sites (N-methyl/N-ethyl adjacent to an activating group) is 1. The lowest BCUT2D eigenvalue weighted by atomic mass is 10.0. The number of nitrogens with one attached hydrogen (secondary N) is 1. The molecule has 1 heterocycles. The van der Waals surface area contributed by atoms with Gasteiger partial charge in [0.2, 0.25) is 0 Å². The van der Waals surface area contributed by atoms with E-state index in [1.54, 1.807) is 0 Å². The maximum atomic E-state index is 12.7. The molecule has 0 spiro atoms. The number of benzene rings is 2. The van der Waals surface area contributed by atoms with Crippen molar-refractivity contribution in [2.75, 3.05) is 44.7 Å². The first-order valence-corrected chi connectivity index (χ1v) is 11.0. The maximum absolute atomic E-state index is 12.7. The molecule has 31 heavy (non-hydrogen) atoms. The van der Waals surface area contributed by atoms with Crippen LogP contribution in [0.25, 0.3) is 0 Å². The lowest BCUT2D eigenvalue weighted by Crippen LogP contribution is -2.43. The summed E-state index contributed by atoms with van der Waals surface area (Å²) in [6, 6.07) is 16.2. The second-order valence-electron chi connectivity index (χ2n) is 7.81. The van der Waals surface area contributed by atoms with E-state index in [4.69, 9.17) is 4.74 Å². The van der Waals surface area contributed by atoms with Crippen LogP contribution in [0.2, 0.25) is 0 Å². The third-order valence-corrected chi connectivity index (χ3v) is 5.32. The Morgan fingerprint density at radius 1 is 1.19 bits per heavy atom. The molecule has 1 N–H and O–H groups in total. The molecule has 0 aromatic heterocycles. The Labute approximate surface area is 186 Å². The molecule has 3 rings (SSSR count). The van der Waals surface area contributed by atoms with Gasteiger partial charge in [-0.1, -0.05) is 48.6 Å². The van der Waals surface area contributed by atoms with Crippen molar-refractivity contribution in [2.45, 2.75) is 19.3 Å². The molecule has 0 atom stereocenters. The number of urea groups is 1. The number of hydrogen-bond acceptors (Lipinski definition) is 3. The summed E-state index contributed by atoms with van der Waals surface area (Å²) >= 11 is 0. The molecule has 2 aromatic carbocycles. The fourth-order valence-electron chi connectivity index (χ4n) is 3.69. The molecule has 2 aromatic rings. The molecule has 164 valence electrons. The summed E-state index contributed by atoms with van der Waals surface area (Å²) < 4.78 is 5.88. The Bertz CT molecular complexity index is 879. The number of aryl methyl sites for hydroxylation is 1. The predicted octanol–water partition coefficient (Wildman–Crippen LogP) is 4.44. The largest absolute Gasteiger partial charge is 0.490 e. The zero-order valence-corrected chi connectivity index (χ0v) is 18.4. The average molecular weight is 420 g/mol. The van der Waals surface area contributed by atoms with Gasteiger partial charge in [-0.25, -0.2) is 4.79 Å². The number of carbonyl (C=O) groups excluding carboxylic acids is 1. The molecule has 0 unspecified atom stereocenters. The van der Waals surface area contributed by atoms with Gasteiger partial charge < -0.3 is 10.1 Å². The highest BCUT2D eigenvalue weighted by Gasteiger charge is 2.22. The van der Waals surface area contributed by atoms with Crippen LogP contribution in [0, 0.1) is 0 Å². The van der Waals surface area contributed by atoms with Crippen molar-refractivity contribution >= 4 is 11.7 Å². The molecule has 0 bridgehead atoms. The van der Waals surface area contributed by atoms with Crippen molar-refractivity contribution in [3.05, 3.63) is 84.5 Å². The van der Waals surface area contributed by atoms with Gasteiger partial charge in [0.05, 0.1) is 0 Å². The standard InChI is InChI=1S/C26H33N3O2/c1-3-17-28(2)18-7-8-20-31-24-13-14-25-23(21-24)12-9-19-29(25)26(30)27-16-15-22-10-5-4-6-11-22/h3-8,10-11,13-14,21H,1,9,12,15-20H2,2H3,(H,27,30). The summed E-state index contributed by atoms with van der Waals surface area (Å²) in [4.78, 5) is 16.8. The summed E-state index contributed by atoms with van der Waals surface area (Å²) in [5.41, 5.74) is 3.37. The zero-order valence-electron chi connectivity index (χ0n) is 18.4. The molecule has 0 aliphatic carbocycles. The third kappa shape index (κ3) is 7.00. The van der Waals surface area contributed by atoms with Crippen LogP contribution in [-0.2, 0) is 12.8 Å². The van der Waals surface area contributed by atoms with Crippen LogP contribution in [0.5, 0.6) is 5.75 Å². The minimum absolute atomic E-state index is 0.0304. The minimum Gasteiger partial charge on any atom is -0.490 e. The van der Waals surface area contributed by atoms with Gasteiger partial charge in [-0.2, -0.15) is 0 Å². The molecule has 1 aliphatic rings. The van der Waals surface area contributed by atoms with Crippen molar-refractivity contribution in [1.29, 1.82) is 0 Å². The molecule has 2 amide bonds. The SMILES string of the molecule is C=CCN(C)CC=CCOc1ccc2c(c1)CCCN2C(=O)NCCc1ccccc1. The smallest absolute Gasteiger partial charge is 0.321 e. The van der Waals surface area contributed by atoms with Gasteiger partial charge in [0.15, 0.2) is 0 Å². The van der Waals surface area contributed by atoms with Crippen LogP contribution in [-0.4, -0.2) is 50.8 Å². The van der Waals surface area contributed by atoms with E-state index < -0.39 is 0 Å². The Kier molecular flexibility index (Phi) is 8.73. The quantitative estimate of drug-likeness (QED) is 0.579. The van der Waals surface area contributed by atoms with Gasteiger partial charge in [0, 0.05) is 31.9 Å². The molecular formula is C26H33N3O2. The normalized spacial score (nSPS) is 13.3. The number of anilines is 1. The summed E-state index contributed by atoms with van der Waals surface area (Å²) in [5, 5.41) is 3.06. The van der Waals surface area contributed by atoms with E-state index in [0.717, 1.165) is 55.9 Å². The first-order valence-electron chi connectivity index (χ1n) is 11.0. The number of rotatable bonds is 10. The van der Waals surface area contributed by atoms with Gasteiger partial charge in [-0.05, 0) is 55.6 Å². The Morgan fingerprint density at radius 3 is 2.84 bits per heavy atom. The van der Waals surface area contributed by atoms with Crippen LogP contribution in [0.3, 0.4) is 0 Å². The van der Waals surface area contributed by atoms with E-state index in [1.165, 1.54) is 5.56 Å². The highest BCUT2D eigenvalue weighted by Crippen LogP contribution is 2.30. The van der Waals surface area contributed by atoms with Gasteiger partial charge in [0.25, 0.3) is 0 Å². The highest BCUT2D eigenvalue weighted by atomic mass is 16.5. The first-order chi connectivity index (χ1) is 15.2. The lowest BCUT2D eigenvalue weighted by Gasteiger charge is -2.30. The Hall–Kier alpha value is -3.05. The number of hydrogen-bond donors (Lipinski definition) is 1. The van der Waals surface area contributed by atoms with E-state index in [2.05, 4.69) is 48.1 Å². The van der Waals surface area contributed by atoms with Crippen LogP contribution < -0.4 is 15.0 Å². The van der Waals surface area contributed by atoms with E-state index in [0.29, 0.717) is 13.2 Å². The van der Waals surface area contributed by atoms with E-state index in [-0.39, 0.29) is 6.03 Å². The van der Waals surface area contributed by atoms with Crippen LogP contribution in [0.15, 0.2) is 73.3 Å². The molecule has 0 fully saturated rings. The highest BCUT2D eigenvalue weighted by molar-refractivity contribution is 5.93. The number of fused-ring (bicyclic) bond motifs is 1. The molecule has 0 radical (unpaired) electrons. The second-order valence-corrected chi connectivity index (χ2v) is 7.81. The first kappa shape index (κ1) is 22.6. The van der Waals surface area contributed by atoms with Crippen LogP contribution in [0.1, 0.15) is 17.5 Å². The second kappa shape index (κ2) is 12.0. The zero-order chi connectivity index (χ0) is 21.9. The fraction of sp³-hybridized carbons (Fsp3) is 0.346. The van der Waals surface area contributed by atoms with Gasteiger partial charge in [0.1, 0.15) is 12.4 Å². The molecule has 5 nitrogen and oxygen atoms in total. The van der Waals surface area contributed by atoms with Gasteiger partial charge >= 0.3 is 6.03 Å². The molecule has 5 heteroatoms. The summed E-state index contributed by atoms with van der Waals surface area (Å²) in [6.07, 6.45) is 8.77. The molecule has 1 aliphatic heterocycles. The van der Waals surface area contributed by atoms with E-state index in [1.807, 2.05) is 47.4 Å². The molecule has 0 saturated heterocycles. The van der Waals surface area contributed by atoms with Crippen LogP contribution in [0.4, 0.5) is 10.5 Å². The van der Waals surface area contributed by atoms with Crippen molar-refractivity contribution in [2.24, 2.45) is 0 Å². The lowest BCUT2D eigenvalue weighted by molar-refractivity contribution is 0.246. The Balaban J connectivity index is 1.50. The van der Waals surface area contributed by atoms with Crippen molar-refractivity contribution < 1.29 is 9.53 Å². The summed E-state index contributed by atoms with van der Waals surface area (Å²) in [6.45, 7) is 7.38. The molecule has 0 saturated carbocycles. The number of nitrogens with zero attached hydrogens (tertiary/aromatic N) is 2. The molecular weight excluding hydrogens is 386 g/mol. The number of amides is 2. The number of ether oxygens (including phenoxy) is 1. The fourth-order valence-corrected chi connectivity index (χ4v) is 3.69. The van der Waals surface area contributed by atoms with Crippen molar-refractivity contribution in [1.82, 2.24) is 10.2 Å². The summed E-state index contributed by atoms with van der Waals surface area (Å²) in [7, 11) is 2.06. The van der Waals surface area contributed by atoms with Gasteiger partial charge in [-0.3, -0.25) is 9.80 Å². The van der Waals surface area contributed by atoms with Crippen molar-refractivity contribution in [3.63, 3.8) is 0 Å². The number of carbonyl (C=O) groups is 1. The monoisotopic (exact) mass is 419 g/mol. The van der Waals surface area contributed by atoms with E-state index >= 15 is 0 Å². The van der Waals surface area contributed by atoms with Gasteiger partial charge in [-0.15, -0.1) is 6.58 Å². The minimum atomic E-state index is -0.0304. The maximum Gasteiger partial charge on any atom is 0.321 e. The predicted molar refractivity (Wildman–Crippen MR) is 128 cm³/mol. The third-order valence-electron chi connectivity index (χ3n) is 5.32. The summed E-state index contributed by atoms with van der Waals surface area (Å²) in [5.74, 6) is 0.842. The topological polar surface area (TPSA) is 44.8 Å². The van der Waals surface area contributed by atoms with Crippen molar-refractivity contribution in [3.8, 4) is 5.75 Å². The Morgan fingerprint density at radius 2 is 2.03 bits per heavy atom.